The molecule has 4 unspecified atom stereocenters. The van der Waals surface area contributed by atoms with Gasteiger partial charge in [0, 0.05) is 73.3 Å². The zero-order chi connectivity index (χ0) is 32.0. The summed E-state index contributed by atoms with van der Waals surface area (Å²) in [4.78, 5) is 17.8. The third-order valence-corrected chi connectivity index (χ3v) is 9.95. The van der Waals surface area contributed by atoms with Crippen LogP contribution in [0.4, 0.5) is 11.4 Å². The number of anilines is 2. The summed E-state index contributed by atoms with van der Waals surface area (Å²) in [6.07, 6.45) is 5.60. The highest BCUT2D eigenvalue weighted by molar-refractivity contribution is 6.00. The van der Waals surface area contributed by atoms with Gasteiger partial charge in [0.1, 0.15) is 0 Å². The van der Waals surface area contributed by atoms with Gasteiger partial charge in [-0.25, -0.2) is 4.68 Å². The third-order valence-electron chi connectivity index (χ3n) is 9.95. The second kappa shape index (κ2) is 15.2. The molecule has 1 aliphatic rings. The molecule has 4 rings (SSSR count). The molecule has 1 heterocycles. The predicted octanol–water partition coefficient (Wildman–Crippen LogP) is 8.87. The van der Waals surface area contributed by atoms with Crippen molar-refractivity contribution in [1.29, 1.82) is 0 Å². The highest BCUT2D eigenvalue weighted by atomic mass is 16.5. The molecule has 1 fully saturated rings. The van der Waals surface area contributed by atoms with Gasteiger partial charge in [-0.2, -0.15) is 5.10 Å². The van der Waals surface area contributed by atoms with E-state index in [1.807, 2.05) is 7.11 Å². The van der Waals surface area contributed by atoms with Gasteiger partial charge in [0.25, 0.3) is 0 Å². The lowest BCUT2D eigenvalue weighted by atomic mass is 9.56. The van der Waals surface area contributed by atoms with Crippen molar-refractivity contribution in [2.24, 2.45) is 5.92 Å². The summed E-state index contributed by atoms with van der Waals surface area (Å²) < 4.78 is 8.42. The second-order valence-corrected chi connectivity index (χ2v) is 12.5. The first-order valence-electron chi connectivity index (χ1n) is 17.1. The summed E-state index contributed by atoms with van der Waals surface area (Å²) in [5.74, 6) is 1.02. The van der Waals surface area contributed by atoms with E-state index in [1.165, 1.54) is 22.5 Å². The number of hydrogen-bond acceptors (Lipinski definition) is 5. The van der Waals surface area contributed by atoms with Crippen LogP contribution in [0.15, 0.2) is 42.5 Å². The van der Waals surface area contributed by atoms with E-state index < -0.39 is 0 Å². The van der Waals surface area contributed by atoms with E-state index in [-0.39, 0.29) is 23.7 Å². The maximum Gasteiger partial charge on any atom is 0.161 e. The highest BCUT2D eigenvalue weighted by Gasteiger charge is 2.52. The maximum absolute atomic E-state index is 13.0. The third kappa shape index (κ3) is 6.61. The summed E-state index contributed by atoms with van der Waals surface area (Å²) in [6.45, 7) is 21.1. The summed E-state index contributed by atoms with van der Waals surface area (Å²) >= 11 is 0. The van der Waals surface area contributed by atoms with Crippen molar-refractivity contribution in [3.63, 3.8) is 0 Å². The van der Waals surface area contributed by atoms with Gasteiger partial charge in [0.05, 0.1) is 17.5 Å². The molecule has 1 aliphatic carbocycles. The Morgan fingerprint density at radius 3 is 2.16 bits per heavy atom. The molecule has 1 saturated carbocycles. The second-order valence-electron chi connectivity index (χ2n) is 12.5. The molecule has 4 atom stereocenters. The number of methoxy groups -OCH3 is 1. The topological polar surface area (TPSA) is 50.6 Å². The average Bonchev–Trinajstić information content (AvgIpc) is 3.31. The van der Waals surface area contributed by atoms with Crippen molar-refractivity contribution >= 4 is 17.2 Å². The number of ether oxygens (including phenoxy) is 1. The lowest BCUT2D eigenvalue weighted by Crippen LogP contribution is -2.49. The molecular weight excluding hydrogens is 544 g/mol. The number of aromatic nitrogens is 2. The molecule has 0 radical (unpaired) electrons. The summed E-state index contributed by atoms with van der Waals surface area (Å²) in [5.41, 5.74) is 9.02. The monoisotopic (exact) mass is 600 g/mol. The zero-order valence-electron chi connectivity index (χ0n) is 28.8. The van der Waals surface area contributed by atoms with E-state index in [2.05, 4.69) is 105 Å². The first-order chi connectivity index (χ1) is 21.3. The Morgan fingerprint density at radius 2 is 1.59 bits per heavy atom. The largest absolute Gasteiger partial charge is 0.380 e. The quantitative estimate of drug-likeness (QED) is 0.154. The Kier molecular flexibility index (Phi) is 11.7. The van der Waals surface area contributed by atoms with Gasteiger partial charge in [-0.15, -0.1) is 0 Å². The number of aryl methyl sites for hydroxylation is 1. The molecule has 0 N–H and O–H groups in total. The minimum absolute atomic E-state index is 0.0268. The van der Waals surface area contributed by atoms with Crippen molar-refractivity contribution in [3.05, 3.63) is 70.5 Å². The highest BCUT2D eigenvalue weighted by Crippen LogP contribution is 2.57. The van der Waals surface area contributed by atoms with Gasteiger partial charge in [-0.05, 0) is 89.3 Å². The predicted molar refractivity (Wildman–Crippen MR) is 185 cm³/mol. The van der Waals surface area contributed by atoms with Crippen LogP contribution in [-0.2, 0) is 4.74 Å². The minimum atomic E-state index is 0.0268. The number of carbonyl (C=O) groups is 1. The molecule has 6 nitrogen and oxygen atoms in total. The van der Waals surface area contributed by atoms with Crippen LogP contribution in [-0.4, -0.2) is 55.0 Å². The molecule has 0 saturated heterocycles. The molecular formula is C38H56N4O2. The Hall–Kier alpha value is -3.12. The van der Waals surface area contributed by atoms with Crippen LogP contribution in [0, 0.1) is 19.8 Å². The van der Waals surface area contributed by atoms with Crippen molar-refractivity contribution < 1.29 is 9.53 Å². The van der Waals surface area contributed by atoms with Gasteiger partial charge in [0.15, 0.2) is 5.78 Å². The normalized spacial score (nSPS) is 19.6. The molecule has 2 aromatic carbocycles. The fraction of sp³-hybridized carbons (Fsp3) is 0.579. The van der Waals surface area contributed by atoms with Crippen LogP contribution in [0.2, 0.25) is 0 Å². The lowest BCUT2D eigenvalue weighted by molar-refractivity contribution is -0.0523. The van der Waals surface area contributed by atoms with Crippen molar-refractivity contribution in [3.8, 4) is 5.69 Å². The van der Waals surface area contributed by atoms with E-state index in [1.54, 1.807) is 6.92 Å². The molecule has 1 aromatic heterocycles. The van der Waals surface area contributed by atoms with Gasteiger partial charge in [0.2, 0.25) is 0 Å². The van der Waals surface area contributed by atoms with Crippen molar-refractivity contribution in [2.75, 3.05) is 43.1 Å². The molecule has 6 heteroatoms. The smallest absolute Gasteiger partial charge is 0.161 e. The number of unbranched alkanes of at least 4 members (excludes halogenated alkanes) is 2. The standard InChI is InChI=1S/C38H56N4O2/c1-10-15-22-41(23-16-11-2)34-21-20-29(24-33(34)28(8)43)36-32(12-3)37(38(36)44-9)35-26(6)39-42(27(35)7)31-19-17-18-30(25-31)40(13-4)14-5/h17-21,24-25,32,36-38H,10-16,22-23H2,1-9H3. The van der Waals surface area contributed by atoms with Crippen LogP contribution < -0.4 is 9.80 Å². The number of rotatable bonds is 16. The van der Waals surface area contributed by atoms with Crippen LogP contribution in [0.1, 0.15) is 118 Å². The summed E-state index contributed by atoms with van der Waals surface area (Å²) in [7, 11) is 1.84. The van der Waals surface area contributed by atoms with Crippen LogP contribution in [0.3, 0.4) is 0 Å². The number of nitrogens with zero attached hydrogens (tertiary/aromatic N) is 4. The first kappa shape index (κ1) is 33.8. The SMILES string of the molecule is CCCCN(CCCC)c1ccc(C2C(CC)C(c3c(C)nn(-c4cccc(N(CC)CC)c4)c3C)C2OC)cc1C(C)=O. The van der Waals surface area contributed by atoms with E-state index in [9.17, 15) is 4.79 Å². The van der Waals surface area contributed by atoms with E-state index in [4.69, 9.17) is 9.84 Å². The first-order valence-corrected chi connectivity index (χ1v) is 17.1. The Bertz CT molecular complexity index is 1370. The molecule has 0 aliphatic heterocycles. The number of carbonyl (C=O) groups excluding carboxylic acids is 1. The van der Waals surface area contributed by atoms with E-state index in [0.717, 1.165) is 80.9 Å². The van der Waals surface area contributed by atoms with Crippen LogP contribution >= 0.6 is 0 Å². The summed E-state index contributed by atoms with van der Waals surface area (Å²) in [5, 5.41) is 5.08. The van der Waals surface area contributed by atoms with E-state index in [0.29, 0.717) is 5.92 Å². The number of benzene rings is 2. The van der Waals surface area contributed by atoms with Crippen molar-refractivity contribution in [1.82, 2.24) is 9.78 Å². The lowest BCUT2D eigenvalue weighted by Gasteiger charge is -2.52. The van der Waals surface area contributed by atoms with Crippen LogP contribution in [0.25, 0.3) is 5.69 Å². The van der Waals surface area contributed by atoms with Crippen molar-refractivity contribution in [2.45, 2.75) is 105 Å². The Balaban J connectivity index is 1.69. The minimum Gasteiger partial charge on any atom is -0.380 e. The average molecular weight is 601 g/mol. The molecule has 3 aromatic rings. The van der Waals surface area contributed by atoms with Gasteiger partial charge in [-0.1, -0.05) is 52.2 Å². The Labute approximate surface area is 266 Å². The number of ketones is 1. The zero-order valence-corrected chi connectivity index (χ0v) is 28.8. The fourth-order valence-corrected chi connectivity index (χ4v) is 7.57. The molecule has 0 amide bonds. The molecule has 0 spiro atoms. The maximum atomic E-state index is 13.0. The molecule has 240 valence electrons. The van der Waals surface area contributed by atoms with Gasteiger partial charge in [-0.3, -0.25) is 4.79 Å². The van der Waals surface area contributed by atoms with Crippen LogP contribution in [0.5, 0.6) is 0 Å². The molecule has 0 bridgehead atoms. The van der Waals surface area contributed by atoms with E-state index >= 15 is 0 Å². The number of Topliss-reactive ketones (excluding diaryl/α,β-unsaturated/α-hetero) is 1. The summed E-state index contributed by atoms with van der Waals surface area (Å²) in [6, 6.07) is 15.4. The fourth-order valence-electron chi connectivity index (χ4n) is 7.57. The Morgan fingerprint density at radius 1 is 0.909 bits per heavy atom. The number of hydrogen-bond donors (Lipinski definition) is 0. The molecule has 44 heavy (non-hydrogen) atoms. The van der Waals surface area contributed by atoms with Gasteiger partial charge < -0.3 is 14.5 Å². The van der Waals surface area contributed by atoms with Gasteiger partial charge >= 0.3 is 0 Å².